The molecule has 2 N–H and O–H groups in total. The number of ether oxygens (including phenoxy) is 1. The molecule has 1 amide bonds. The van der Waals surface area contributed by atoms with Gasteiger partial charge in [-0.25, -0.2) is 9.97 Å². The average molecular weight is 415 g/mol. The van der Waals surface area contributed by atoms with Crippen molar-refractivity contribution in [1.82, 2.24) is 14.4 Å². The second kappa shape index (κ2) is 8.87. The van der Waals surface area contributed by atoms with Gasteiger partial charge in [0.25, 0.3) is 5.91 Å². The zero-order valence-corrected chi connectivity index (χ0v) is 17.8. The van der Waals surface area contributed by atoms with Crippen LogP contribution in [0.3, 0.4) is 0 Å². The van der Waals surface area contributed by atoms with E-state index in [-0.39, 0.29) is 5.91 Å². The Morgan fingerprint density at radius 3 is 2.42 bits per heavy atom. The molecular formula is C24H25N5O2. The number of aromatic nitrogens is 3. The van der Waals surface area contributed by atoms with E-state index < -0.39 is 0 Å². The lowest BCUT2D eigenvalue weighted by Crippen LogP contribution is -2.11. The molecular weight excluding hydrogens is 390 g/mol. The molecule has 4 rings (SSSR count). The molecule has 4 aromatic rings. The highest BCUT2D eigenvalue weighted by molar-refractivity contribution is 6.04. The number of aryl methyl sites for hydroxylation is 2. The molecule has 0 unspecified atom stereocenters. The molecule has 0 spiro atoms. The maximum atomic E-state index is 12.5. The van der Waals surface area contributed by atoms with E-state index in [1.807, 2.05) is 73.8 Å². The molecule has 7 nitrogen and oxygen atoms in total. The van der Waals surface area contributed by atoms with Crippen molar-refractivity contribution in [3.8, 4) is 5.75 Å². The summed E-state index contributed by atoms with van der Waals surface area (Å²) >= 11 is 0. The molecule has 2 aromatic carbocycles. The third-order valence-corrected chi connectivity index (χ3v) is 4.86. The zero-order valence-electron chi connectivity index (χ0n) is 17.8. The normalized spacial score (nSPS) is 10.8. The Hall–Kier alpha value is -3.87. The van der Waals surface area contributed by atoms with E-state index in [9.17, 15) is 4.79 Å². The summed E-state index contributed by atoms with van der Waals surface area (Å²) in [6, 6.07) is 16.7. The van der Waals surface area contributed by atoms with Crippen molar-refractivity contribution in [2.24, 2.45) is 0 Å². The Morgan fingerprint density at radius 1 is 1.00 bits per heavy atom. The third-order valence-electron chi connectivity index (χ3n) is 4.86. The van der Waals surface area contributed by atoms with Crippen LogP contribution in [0.4, 0.5) is 11.4 Å². The fourth-order valence-corrected chi connectivity index (χ4v) is 3.34. The number of benzene rings is 2. The van der Waals surface area contributed by atoms with Gasteiger partial charge >= 0.3 is 0 Å². The lowest BCUT2D eigenvalue weighted by Gasteiger charge is -2.08. The van der Waals surface area contributed by atoms with E-state index >= 15 is 0 Å². The van der Waals surface area contributed by atoms with Gasteiger partial charge in [0.05, 0.1) is 18.8 Å². The SMILES string of the molecule is CCOc1ccc(NC(=O)c2ccc(NCc3cn4c(C)cc(C)nc4n3)cc2)cc1. The average Bonchev–Trinajstić information content (AvgIpc) is 3.17. The molecule has 0 aliphatic carbocycles. The predicted molar refractivity (Wildman–Crippen MR) is 122 cm³/mol. The smallest absolute Gasteiger partial charge is 0.255 e. The molecule has 2 aromatic heterocycles. The molecule has 0 radical (unpaired) electrons. The number of nitrogens with zero attached hydrogens (tertiary/aromatic N) is 3. The molecule has 7 heteroatoms. The molecule has 2 heterocycles. The molecule has 0 saturated carbocycles. The maximum Gasteiger partial charge on any atom is 0.255 e. The quantitative estimate of drug-likeness (QED) is 0.461. The Bertz CT molecular complexity index is 1200. The standard InChI is InChI=1S/C24H25N5O2/c1-4-31-22-11-9-20(10-12-22)27-23(30)18-5-7-19(8-6-18)25-14-21-15-29-17(3)13-16(2)26-24(29)28-21/h5-13,15,25H,4,14H2,1-3H3,(H,27,30). The maximum absolute atomic E-state index is 12.5. The minimum Gasteiger partial charge on any atom is -0.494 e. The number of amides is 1. The molecule has 31 heavy (non-hydrogen) atoms. The van der Waals surface area contributed by atoms with Crippen LogP contribution < -0.4 is 15.4 Å². The molecule has 0 fully saturated rings. The van der Waals surface area contributed by atoms with Crippen molar-refractivity contribution in [2.45, 2.75) is 27.3 Å². The number of anilines is 2. The first-order valence-electron chi connectivity index (χ1n) is 10.2. The largest absolute Gasteiger partial charge is 0.494 e. The second-order valence-corrected chi connectivity index (χ2v) is 7.28. The van der Waals surface area contributed by atoms with Crippen molar-refractivity contribution < 1.29 is 9.53 Å². The molecule has 0 bridgehead atoms. The number of rotatable bonds is 7. The van der Waals surface area contributed by atoms with Gasteiger partial charge in [-0.2, -0.15) is 0 Å². The van der Waals surface area contributed by atoms with Gasteiger partial charge < -0.3 is 15.4 Å². The summed E-state index contributed by atoms with van der Waals surface area (Å²) < 4.78 is 7.40. The van der Waals surface area contributed by atoms with Gasteiger partial charge in [0.2, 0.25) is 5.78 Å². The summed E-state index contributed by atoms with van der Waals surface area (Å²) in [5.74, 6) is 1.33. The Labute approximate surface area is 181 Å². The van der Waals surface area contributed by atoms with Crippen molar-refractivity contribution in [1.29, 1.82) is 0 Å². The van der Waals surface area contributed by atoms with Crippen LogP contribution in [-0.2, 0) is 6.54 Å². The number of hydrogen-bond donors (Lipinski definition) is 2. The van der Waals surface area contributed by atoms with Gasteiger partial charge in [0, 0.05) is 34.5 Å². The fourth-order valence-electron chi connectivity index (χ4n) is 3.34. The van der Waals surface area contributed by atoms with E-state index in [2.05, 4.69) is 20.6 Å². The number of nitrogens with one attached hydrogen (secondary N) is 2. The van der Waals surface area contributed by atoms with Gasteiger partial charge in [0.1, 0.15) is 5.75 Å². The first-order chi connectivity index (χ1) is 15.0. The van der Waals surface area contributed by atoms with E-state index in [4.69, 9.17) is 4.74 Å². The van der Waals surface area contributed by atoms with Gasteiger partial charge in [-0.3, -0.25) is 9.20 Å². The summed E-state index contributed by atoms with van der Waals surface area (Å²) in [7, 11) is 0. The summed E-state index contributed by atoms with van der Waals surface area (Å²) in [4.78, 5) is 21.5. The zero-order chi connectivity index (χ0) is 21.8. The lowest BCUT2D eigenvalue weighted by atomic mass is 10.2. The highest BCUT2D eigenvalue weighted by Gasteiger charge is 2.08. The van der Waals surface area contributed by atoms with Crippen molar-refractivity contribution in [2.75, 3.05) is 17.2 Å². The van der Waals surface area contributed by atoms with E-state index in [0.717, 1.165) is 34.2 Å². The van der Waals surface area contributed by atoms with Crippen LogP contribution in [0.1, 0.15) is 34.4 Å². The van der Waals surface area contributed by atoms with Gasteiger partial charge in [-0.15, -0.1) is 0 Å². The number of hydrogen-bond acceptors (Lipinski definition) is 5. The van der Waals surface area contributed by atoms with Crippen molar-refractivity contribution >= 4 is 23.1 Å². The number of carbonyl (C=O) groups excluding carboxylic acids is 1. The summed E-state index contributed by atoms with van der Waals surface area (Å²) in [6.07, 6.45) is 1.99. The summed E-state index contributed by atoms with van der Waals surface area (Å²) in [5.41, 5.74) is 5.18. The molecule has 0 saturated heterocycles. The Morgan fingerprint density at radius 2 is 1.71 bits per heavy atom. The van der Waals surface area contributed by atoms with Crippen LogP contribution in [0.5, 0.6) is 5.75 Å². The fraction of sp³-hybridized carbons (Fsp3) is 0.208. The van der Waals surface area contributed by atoms with Crippen LogP contribution in [0.25, 0.3) is 5.78 Å². The molecule has 0 aliphatic rings. The first-order valence-corrected chi connectivity index (χ1v) is 10.2. The molecule has 158 valence electrons. The van der Waals surface area contributed by atoms with Crippen LogP contribution in [0, 0.1) is 13.8 Å². The first kappa shape index (κ1) is 20.4. The highest BCUT2D eigenvalue weighted by atomic mass is 16.5. The summed E-state index contributed by atoms with van der Waals surface area (Å²) in [5, 5.41) is 6.24. The second-order valence-electron chi connectivity index (χ2n) is 7.28. The minimum atomic E-state index is -0.159. The van der Waals surface area contributed by atoms with Crippen LogP contribution in [0.2, 0.25) is 0 Å². The summed E-state index contributed by atoms with van der Waals surface area (Å²) in [6.45, 7) is 7.12. The molecule has 0 aliphatic heterocycles. The highest BCUT2D eigenvalue weighted by Crippen LogP contribution is 2.18. The van der Waals surface area contributed by atoms with Gasteiger partial charge in [-0.05, 0) is 75.4 Å². The van der Waals surface area contributed by atoms with Crippen molar-refractivity contribution in [3.63, 3.8) is 0 Å². The predicted octanol–water partition coefficient (Wildman–Crippen LogP) is 4.61. The van der Waals surface area contributed by atoms with Gasteiger partial charge in [0.15, 0.2) is 0 Å². The third kappa shape index (κ3) is 4.83. The Kier molecular flexibility index (Phi) is 5.84. The van der Waals surface area contributed by atoms with Crippen LogP contribution in [0.15, 0.2) is 60.8 Å². The number of fused-ring (bicyclic) bond motifs is 1. The number of imidazole rings is 1. The number of carbonyl (C=O) groups is 1. The Balaban J connectivity index is 1.36. The lowest BCUT2D eigenvalue weighted by molar-refractivity contribution is 0.102. The van der Waals surface area contributed by atoms with E-state index in [1.54, 1.807) is 12.1 Å². The van der Waals surface area contributed by atoms with E-state index in [0.29, 0.717) is 24.5 Å². The van der Waals surface area contributed by atoms with Crippen LogP contribution >= 0.6 is 0 Å². The minimum absolute atomic E-state index is 0.159. The van der Waals surface area contributed by atoms with E-state index in [1.165, 1.54) is 0 Å². The molecule has 0 atom stereocenters. The van der Waals surface area contributed by atoms with Gasteiger partial charge in [-0.1, -0.05) is 0 Å². The van der Waals surface area contributed by atoms with Crippen LogP contribution in [-0.4, -0.2) is 26.9 Å². The monoisotopic (exact) mass is 415 g/mol. The topological polar surface area (TPSA) is 80.5 Å². The van der Waals surface area contributed by atoms with Crippen molar-refractivity contribution in [3.05, 3.63) is 83.4 Å².